The Morgan fingerprint density at radius 1 is 1.26 bits per heavy atom. The number of carbonyl (C=O) groups excluding carboxylic acids is 1. The van der Waals surface area contributed by atoms with Gasteiger partial charge in [0.2, 0.25) is 0 Å². The predicted octanol–water partition coefficient (Wildman–Crippen LogP) is 5.71. The average molecular weight is 397 g/mol. The Hall–Kier alpha value is -2.63. The lowest BCUT2D eigenvalue weighted by molar-refractivity contribution is 0.0519. The van der Waals surface area contributed by atoms with Crippen LogP contribution in [0.3, 0.4) is 0 Å². The topological polar surface area (TPSA) is 55.0 Å². The highest BCUT2D eigenvalue weighted by Gasteiger charge is 2.16. The number of nitrogens with zero attached hydrogens (tertiary/aromatic N) is 1. The number of esters is 1. The number of rotatable bonds is 5. The molecule has 0 atom stereocenters. The second kappa shape index (κ2) is 7.55. The summed E-state index contributed by atoms with van der Waals surface area (Å²) < 4.78 is 5.06. The Kier molecular flexibility index (Phi) is 4.97. The molecule has 27 heavy (non-hydrogen) atoms. The monoisotopic (exact) mass is 396 g/mol. The second-order valence-corrected chi connectivity index (χ2v) is 7.31. The molecule has 0 aliphatic rings. The van der Waals surface area contributed by atoms with E-state index < -0.39 is 5.97 Å². The molecular weight excluding hydrogens is 380 g/mol. The van der Waals surface area contributed by atoms with Crippen LogP contribution in [0.5, 0.6) is 0 Å². The van der Waals surface area contributed by atoms with E-state index in [1.54, 1.807) is 24.3 Å². The molecule has 4 nitrogen and oxygen atoms in total. The first-order chi connectivity index (χ1) is 13.2. The first-order valence-corrected chi connectivity index (χ1v) is 9.93. The third-order valence-electron chi connectivity index (χ3n) is 4.33. The molecule has 0 amide bonds. The van der Waals surface area contributed by atoms with E-state index >= 15 is 0 Å². The van der Waals surface area contributed by atoms with Crippen LogP contribution >= 0.6 is 22.9 Å². The number of hydrogen-bond acceptors (Lipinski definition) is 4. The largest absolute Gasteiger partial charge is 0.461 e. The fourth-order valence-electron chi connectivity index (χ4n) is 3.14. The van der Waals surface area contributed by atoms with Gasteiger partial charge in [0, 0.05) is 39.0 Å². The predicted molar refractivity (Wildman–Crippen MR) is 110 cm³/mol. The van der Waals surface area contributed by atoms with E-state index in [1.165, 1.54) is 0 Å². The molecule has 0 saturated carbocycles. The first kappa shape index (κ1) is 17.8. The van der Waals surface area contributed by atoms with Crippen LogP contribution < -0.4 is 0 Å². The number of ether oxygens (including phenoxy) is 1. The number of hydrogen-bond donors (Lipinski definition) is 1. The summed E-state index contributed by atoms with van der Waals surface area (Å²) in [5, 5.41) is 5.95. The Morgan fingerprint density at radius 3 is 2.93 bits per heavy atom. The maximum absolute atomic E-state index is 12.0. The van der Waals surface area contributed by atoms with Gasteiger partial charge in [-0.05, 0) is 48.2 Å². The summed E-state index contributed by atoms with van der Waals surface area (Å²) in [6.07, 6.45) is 0.597. The zero-order valence-electron chi connectivity index (χ0n) is 14.7. The number of fused-ring (bicyclic) bond motifs is 1. The van der Waals surface area contributed by atoms with E-state index in [0.717, 1.165) is 33.4 Å². The van der Waals surface area contributed by atoms with Crippen molar-refractivity contribution in [2.75, 3.05) is 6.61 Å². The van der Waals surface area contributed by atoms with Gasteiger partial charge in [-0.1, -0.05) is 23.7 Å². The fourth-order valence-corrected chi connectivity index (χ4v) is 3.96. The van der Waals surface area contributed by atoms with E-state index in [-0.39, 0.29) is 0 Å². The number of thiophene rings is 1. The lowest BCUT2D eigenvalue weighted by Crippen LogP contribution is -2.08. The van der Waals surface area contributed by atoms with Crippen LogP contribution in [0.15, 0.2) is 53.2 Å². The standard InChI is InChI=1S/C21H17ClN2O2S/c1-2-26-21(25)18-5-3-4-15(23-18)11-17-16-7-6-14(22)10-19(16)24-20(17)13-8-9-27-12-13/h3-10,12,24H,2,11H2,1H3. The molecule has 0 radical (unpaired) electrons. The van der Waals surface area contributed by atoms with E-state index in [0.29, 0.717) is 23.7 Å². The Balaban J connectivity index is 1.79. The number of H-pyrrole nitrogens is 1. The van der Waals surface area contributed by atoms with Gasteiger partial charge >= 0.3 is 5.97 Å². The summed E-state index contributed by atoms with van der Waals surface area (Å²) in [6.45, 7) is 2.11. The minimum absolute atomic E-state index is 0.328. The van der Waals surface area contributed by atoms with E-state index in [2.05, 4.69) is 26.8 Å². The minimum Gasteiger partial charge on any atom is -0.461 e. The van der Waals surface area contributed by atoms with Gasteiger partial charge in [0.25, 0.3) is 0 Å². The van der Waals surface area contributed by atoms with Gasteiger partial charge < -0.3 is 9.72 Å². The number of nitrogens with one attached hydrogen (secondary N) is 1. The summed E-state index contributed by atoms with van der Waals surface area (Å²) >= 11 is 7.82. The maximum Gasteiger partial charge on any atom is 0.356 e. The SMILES string of the molecule is CCOC(=O)c1cccc(Cc2c(-c3ccsc3)[nH]c3cc(Cl)ccc23)n1. The normalized spacial score (nSPS) is 11.0. The zero-order chi connectivity index (χ0) is 18.8. The molecule has 0 unspecified atom stereocenters. The Labute approximate surface area is 165 Å². The van der Waals surface area contributed by atoms with Crippen LogP contribution in [0, 0.1) is 0 Å². The quantitative estimate of drug-likeness (QED) is 0.439. The molecule has 3 heterocycles. The summed E-state index contributed by atoms with van der Waals surface area (Å²) in [7, 11) is 0. The summed E-state index contributed by atoms with van der Waals surface area (Å²) in [6, 6.07) is 13.4. The van der Waals surface area contributed by atoms with Crippen LogP contribution in [0.4, 0.5) is 0 Å². The van der Waals surface area contributed by atoms with Crippen molar-refractivity contribution in [3.63, 3.8) is 0 Å². The molecule has 0 aliphatic heterocycles. The van der Waals surface area contributed by atoms with Gasteiger partial charge in [0.05, 0.1) is 12.3 Å². The molecule has 1 N–H and O–H groups in total. The molecule has 4 aromatic rings. The summed E-state index contributed by atoms with van der Waals surface area (Å²) in [5.74, 6) is -0.400. The van der Waals surface area contributed by atoms with Crippen LogP contribution in [0.1, 0.15) is 28.7 Å². The van der Waals surface area contributed by atoms with Gasteiger partial charge in [-0.2, -0.15) is 11.3 Å². The number of pyridine rings is 1. The summed E-state index contributed by atoms with van der Waals surface area (Å²) in [5.41, 5.74) is 5.44. The molecule has 0 saturated heterocycles. The highest BCUT2D eigenvalue weighted by atomic mass is 35.5. The van der Waals surface area contributed by atoms with Crippen LogP contribution in [-0.4, -0.2) is 22.5 Å². The number of aromatic nitrogens is 2. The molecule has 1 aromatic carbocycles. The van der Waals surface area contributed by atoms with Gasteiger partial charge in [0.15, 0.2) is 0 Å². The van der Waals surface area contributed by atoms with Crippen molar-refractivity contribution in [1.29, 1.82) is 0 Å². The van der Waals surface area contributed by atoms with Gasteiger partial charge in [-0.3, -0.25) is 0 Å². The Morgan fingerprint density at radius 2 is 2.15 bits per heavy atom. The molecule has 0 spiro atoms. The van der Waals surface area contributed by atoms with Crippen molar-refractivity contribution in [1.82, 2.24) is 9.97 Å². The highest BCUT2D eigenvalue weighted by Crippen LogP contribution is 2.34. The lowest BCUT2D eigenvalue weighted by atomic mass is 10.0. The molecule has 136 valence electrons. The maximum atomic E-state index is 12.0. The molecule has 0 aliphatic carbocycles. The number of benzene rings is 1. The minimum atomic E-state index is -0.400. The van der Waals surface area contributed by atoms with Crippen molar-refractivity contribution in [3.8, 4) is 11.3 Å². The van der Waals surface area contributed by atoms with E-state index in [9.17, 15) is 4.79 Å². The third-order valence-corrected chi connectivity index (χ3v) is 5.25. The third kappa shape index (κ3) is 3.61. The van der Waals surface area contributed by atoms with Crippen molar-refractivity contribution in [3.05, 3.63) is 75.2 Å². The van der Waals surface area contributed by atoms with Crippen LogP contribution in [-0.2, 0) is 11.2 Å². The lowest BCUT2D eigenvalue weighted by Gasteiger charge is -2.06. The summed E-state index contributed by atoms with van der Waals surface area (Å²) in [4.78, 5) is 20.0. The average Bonchev–Trinajstić information content (AvgIpc) is 3.30. The zero-order valence-corrected chi connectivity index (χ0v) is 16.2. The molecule has 6 heteroatoms. The van der Waals surface area contributed by atoms with Crippen molar-refractivity contribution < 1.29 is 9.53 Å². The highest BCUT2D eigenvalue weighted by molar-refractivity contribution is 7.08. The van der Waals surface area contributed by atoms with E-state index in [4.69, 9.17) is 16.3 Å². The van der Waals surface area contributed by atoms with Gasteiger partial charge in [0.1, 0.15) is 5.69 Å². The van der Waals surface area contributed by atoms with Gasteiger partial charge in [-0.15, -0.1) is 0 Å². The Bertz CT molecular complexity index is 1100. The molecule has 0 fully saturated rings. The second-order valence-electron chi connectivity index (χ2n) is 6.09. The number of aromatic amines is 1. The van der Waals surface area contributed by atoms with Crippen molar-refractivity contribution in [2.24, 2.45) is 0 Å². The molecule has 4 rings (SSSR count). The molecule has 3 aromatic heterocycles. The molecule has 0 bridgehead atoms. The van der Waals surface area contributed by atoms with Crippen molar-refractivity contribution >= 4 is 39.8 Å². The van der Waals surface area contributed by atoms with Crippen molar-refractivity contribution in [2.45, 2.75) is 13.3 Å². The smallest absolute Gasteiger partial charge is 0.356 e. The number of carbonyl (C=O) groups is 1. The molecular formula is C21H17ClN2O2S. The fraction of sp³-hybridized carbons (Fsp3) is 0.143. The first-order valence-electron chi connectivity index (χ1n) is 8.61. The van der Waals surface area contributed by atoms with Gasteiger partial charge in [-0.25, -0.2) is 9.78 Å². The van der Waals surface area contributed by atoms with E-state index in [1.807, 2.05) is 30.3 Å². The van der Waals surface area contributed by atoms with Crippen LogP contribution in [0.2, 0.25) is 5.02 Å². The number of halogens is 1. The van der Waals surface area contributed by atoms with Crippen LogP contribution in [0.25, 0.3) is 22.2 Å².